The van der Waals surface area contributed by atoms with Gasteiger partial charge in [-0.3, -0.25) is 0 Å². The van der Waals surface area contributed by atoms with Gasteiger partial charge in [0.2, 0.25) is 0 Å². The van der Waals surface area contributed by atoms with E-state index in [-0.39, 0.29) is 10.8 Å². The summed E-state index contributed by atoms with van der Waals surface area (Å²) in [6.45, 7) is 9.30. The zero-order valence-corrected chi connectivity index (χ0v) is 18.6. The molecule has 0 amide bonds. The molecule has 4 aromatic rings. The molecule has 31 heavy (non-hydrogen) atoms. The number of hydrogen-bond donors (Lipinski definition) is 1. The first kappa shape index (κ1) is 18.4. The summed E-state index contributed by atoms with van der Waals surface area (Å²) in [6, 6.07) is 31.3. The molecule has 0 saturated heterocycles. The van der Waals surface area contributed by atoms with E-state index >= 15 is 0 Å². The van der Waals surface area contributed by atoms with Crippen molar-refractivity contribution in [3.05, 3.63) is 107 Å². The molecule has 0 unspecified atom stereocenters. The summed E-state index contributed by atoms with van der Waals surface area (Å²) in [7, 11) is 0. The van der Waals surface area contributed by atoms with Gasteiger partial charge in [0, 0.05) is 22.2 Å². The fourth-order valence-electron chi connectivity index (χ4n) is 5.76. The molecule has 1 N–H and O–H groups in total. The maximum absolute atomic E-state index is 3.68. The summed E-state index contributed by atoms with van der Waals surface area (Å²) in [6.07, 6.45) is 0. The Bertz CT molecular complexity index is 1250. The van der Waals surface area contributed by atoms with Crippen LogP contribution in [0.4, 0.5) is 11.4 Å². The Balaban J connectivity index is 1.41. The van der Waals surface area contributed by atoms with Crippen molar-refractivity contribution < 1.29 is 0 Å². The Morgan fingerprint density at radius 1 is 0.452 bits per heavy atom. The summed E-state index contributed by atoms with van der Waals surface area (Å²) < 4.78 is 0. The van der Waals surface area contributed by atoms with Gasteiger partial charge in [0.15, 0.2) is 0 Å². The van der Waals surface area contributed by atoms with Gasteiger partial charge >= 0.3 is 0 Å². The van der Waals surface area contributed by atoms with Gasteiger partial charge in [-0.05, 0) is 68.8 Å². The van der Waals surface area contributed by atoms with Crippen molar-refractivity contribution >= 4 is 11.4 Å². The minimum Gasteiger partial charge on any atom is -0.355 e. The van der Waals surface area contributed by atoms with Crippen molar-refractivity contribution in [3.8, 4) is 22.3 Å². The molecule has 1 heteroatoms. The molecule has 0 fully saturated rings. The van der Waals surface area contributed by atoms with E-state index in [9.17, 15) is 0 Å². The average molecular weight is 402 g/mol. The van der Waals surface area contributed by atoms with Crippen LogP contribution in [0.2, 0.25) is 0 Å². The van der Waals surface area contributed by atoms with E-state index in [0.717, 1.165) is 11.4 Å². The first-order chi connectivity index (χ1) is 14.9. The Kier molecular flexibility index (Phi) is 3.63. The van der Waals surface area contributed by atoms with Crippen molar-refractivity contribution in [2.75, 3.05) is 5.32 Å². The van der Waals surface area contributed by atoms with Crippen LogP contribution >= 0.6 is 0 Å². The van der Waals surface area contributed by atoms with Crippen LogP contribution in [0.25, 0.3) is 22.3 Å². The molecule has 1 nitrogen and oxygen atoms in total. The van der Waals surface area contributed by atoms with Crippen LogP contribution < -0.4 is 5.32 Å². The lowest BCUT2D eigenvalue weighted by Gasteiger charge is -2.22. The highest BCUT2D eigenvalue weighted by molar-refractivity contribution is 5.86. The highest BCUT2D eigenvalue weighted by atomic mass is 14.9. The molecular formula is C30H27N. The number of benzene rings is 4. The van der Waals surface area contributed by atoms with Crippen LogP contribution in [0.5, 0.6) is 0 Å². The van der Waals surface area contributed by atoms with Crippen LogP contribution in [0.15, 0.2) is 84.9 Å². The lowest BCUT2D eigenvalue weighted by Crippen LogP contribution is -2.14. The van der Waals surface area contributed by atoms with E-state index in [4.69, 9.17) is 0 Å². The van der Waals surface area contributed by atoms with Gasteiger partial charge in [-0.15, -0.1) is 0 Å². The van der Waals surface area contributed by atoms with E-state index in [2.05, 4.69) is 118 Å². The maximum atomic E-state index is 3.68. The summed E-state index contributed by atoms with van der Waals surface area (Å²) in [5.74, 6) is 0. The highest BCUT2D eigenvalue weighted by Gasteiger charge is 2.36. The molecule has 0 atom stereocenters. The lowest BCUT2D eigenvalue weighted by molar-refractivity contribution is 0.660. The van der Waals surface area contributed by atoms with Gasteiger partial charge in [-0.25, -0.2) is 0 Å². The molecule has 2 aliphatic rings. The molecule has 0 radical (unpaired) electrons. The molecule has 0 saturated carbocycles. The third-order valence-corrected chi connectivity index (χ3v) is 7.46. The normalized spacial score (nSPS) is 16.3. The maximum Gasteiger partial charge on any atom is 0.0390 e. The molecule has 0 bridgehead atoms. The largest absolute Gasteiger partial charge is 0.355 e. The average Bonchev–Trinajstić information content (AvgIpc) is 3.14. The summed E-state index contributed by atoms with van der Waals surface area (Å²) in [5.41, 5.74) is 13.4. The van der Waals surface area contributed by atoms with Gasteiger partial charge in [0.05, 0.1) is 0 Å². The number of anilines is 2. The van der Waals surface area contributed by atoms with Gasteiger partial charge in [-0.2, -0.15) is 0 Å². The molecule has 0 heterocycles. The Hall–Kier alpha value is -3.32. The zero-order valence-electron chi connectivity index (χ0n) is 18.6. The first-order valence-electron chi connectivity index (χ1n) is 11.1. The number of fused-ring (bicyclic) bond motifs is 6. The standard InChI is InChI=1S/C30H27N/c1-29(2)25-11-7-5-9-21(25)23-17-19(13-15-27(23)29)31-20-14-16-28-24(18-20)22-10-6-8-12-26(22)30(28,3)4/h5-18,31H,1-4H3. The molecule has 4 aromatic carbocycles. The lowest BCUT2D eigenvalue weighted by atomic mass is 9.82. The predicted octanol–water partition coefficient (Wildman–Crippen LogP) is 8.04. The molecule has 152 valence electrons. The minimum atomic E-state index is 0.0489. The Morgan fingerprint density at radius 3 is 1.29 bits per heavy atom. The summed E-state index contributed by atoms with van der Waals surface area (Å²) in [5, 5.41) is 3.68. The van der Waals surface area contributed by atoms with Crippen molar-refractivity contribution in [1.82, 2.24) is 0 Å². The van der Waals surface area contributed by atoms with Crippen LogP contribution in [0.1, 0.15) is 49.9 Å². The Morgan fingerprint density at radius 2 is 0.839 bits per heavy atom. The van der Waals surface area contributed by atoms with E-state index in [1.807, 2.05) is 0 Å². The quantitative estimate of drug-likeness (QED) is 0.358. The minimum absolute atomic E-state index is 0.0489. The van der Waals surface area contributed by atoms with E-state index in [0.29, 0.717) is 0 Å². The van der Waals surface area contributed by atoms with Gasteiger partial charge < -0.3 is 5.32 Å². The third-order valence-electron chi connectivity index (χ3n) is 7.46. The molecule has 0 aromatic heterocycles. The predicted molar refractivity (Wildman–Crippen MR) is 131 cm³/mol. The van der Waals surface area contributed by atoms with Crippen LogP contribution in [0, 0.1) is 0 Å². The highest BCUT2D eigenvalue weighted by Crippen LogP contribution is 2.51. The smallest absolute Gasteiger partial charge is 0.0390 e. The molecule has 0 spiro atoms. The number of rotatable bonds is 2. The number of nitrogens with one attached hydrogen (secondary N) is 1. The van der Waals surface area contributed by atoms with E-state index in [1.165, 1.54) is 44.5 Å². The SMILES string of the molecule is CC1(C)c2ccccc2-c2cc(Nc3ccc4c(c3)-c3ccccc3C4(C)C)ccc21. The Labute approximate surface area is 184 Å². The second kappa shape index (κ2) is 6.11. The topological polar surface area (TPSA) is 12.0 Å². The summed E-state index contributed by atoms with van der Waals surface area (Å²) >= 11 is 0. The van der Waals surface area contributed by atoms with Crippen molar-refractivity contribution in [2.24, 2.45) is 0 Å². The van der Waals surface area contributed by atoms with E-state index in [1.54, 1.807) is 0 Å². The van der Waals surface area contributed by atoms with E-state index < -0.39 is 0 Å². The van der Waals surface area contributed by atoms with Crippen LogP contribution in [-0.4, -0.2) is 0 Å². The fourth-order valence-corrected chi connectivity index (χ4v) is 5.76. The van der Waals surface area contributed by atoms with Crippen LogP contribution in [0.3, 0.4) is 0 Å². The van der Waals surface area contributed by atoms with Gasteiger partial charge in [-0.1, -0.05) is 88.4 Å². The molecule has 6 rings (SSSR count). The summed E-state index contributed by atoms with van der Waals surface area (Å²) in [4.78, 5) is 0. The zero-order chi connectivity index (χ0) is 21.4. The second-order valence-corrected chi connectivity index (χ2v) is 9.99. The number of hydrogen-bond acceptors (Lipinski definition) is 1. The first-order valence-corrected chi connectivity index (χ1v) is 11.1. The fraction of sp³-hybridized carbons (Fsp3) is 0.200. The van der Waals surface area contributed by atoms with Crippen molar-refractivity contribution in [3.63, 3.8) is 0 Å². The third kappa shape index (κ3) is 2.50. The molecular weight excluding hydrogens is 374 g/mol. The molecule has 0 aliphatic heterocycles. The monoisotopic (exact) mass is 401 g/mol. The van der Waals surface area contributed by atoms with Gasteiger partial charge in [0.1, 0.15) is 0 Å². The van der Waals surface area contributed by atoms with Crippen molar-refractivity contribution in [1.29, 1.82) is 0 Å². The van der Waals surface area contributed by atoms with Crippen LogP contribution in [-0.2, 0) is 10.8 Å². The van der Waals surface area contributed by atoms with Crippen molar-refractivity contribution in [2.45, 2.75) is 38.5 Å². The van der Waals surface area contributed by atoms with Gasteiger partial charge in [0.25, 0.3) is 0 Å². The second-order valence-electron chi connectivity index (χ2n) is 9.99. The molecule has 2 aliphatic carbocycles.